The Morgan fingerprint density at radius 1 is 0.875 bits per heavy atom. The second-order valence-corrected chi connectivity index (χ2v) is 5.22. The van der Waals surface area contributed by atoms with Crippen LogP contribution in [-0.2, 0) is 11.0 Å². The molecule has 24 heavy (non-hydrogen) atoms. The zero-order valence-electron chi connectivity index (χ0n) is 12.8. The summed E-state index contributed by atoms with van der Waals surface area (Å²) in [5, 5.41) is 1.59. The van der Waals surface area contributed by atoms with E-state index in [0.29, 0.717) is 12.8 Å². The Morgan fingerprint density at radius 2 is 1.38 bits per heavy atom. The number of halogens is 7. The van der Waals surface area contributed by atoms with Crippen molar-refractivity contribution in [1.82, 2.24) is 0 Å². The van der Waals surface area contributed by atoms with Gasteiger partial charge in [-0.2, -0.15) is 13.2 Å². The maximum absolute atomic E-state index is 13.6. The number of amides is 1. The molecule has 0 heterocycles. The standard InChI is InChI=1S/C15H16F7NO/c1-2-3-4-5-6-7-8(24)23-14-12(18)10(16)9(15(20,21)22)11(17)13(14)19/h2-7H2,1H3,(H,23,24). The van der Waals surface area contributed by atoms with Crippen LogP contribution in [0.15, 0.2) is 0 Å². The van der Waals surface area contributed by atoms with E-state index < -0.39 is 46.6 Å². The lowest BCUT2D eigenvalue weighted by Crippen LogP contribution is -2.20. The van der Waals surface area contributed by atoms with Gasteiger partial charge in [-0.3, -0.25) is 4.79 Å². The summed E-state index contributed by atoms with van der Waals surface area (Å²) in [6.45, 7) is 1.98. The van der Waals surface area contributed by atoms with Gasteiger partial charge in [-0.25, -0.2) is 17.6 Å². The fourth-order valence-electron chi connectivity index (χ4n) is 2.08. The van der Waals surface area contributed by atoms with Gasteiger partial charge in [-0.1, -0.05) is 32.6 Å². The highest BCUT2D eigenvalue weighted by molar-refractivity contribution is 5.91. The molecular weight excluding hydrogens is 343 g/mol. The molecule has 136 valence electrons. The topological polar surface area (TPSA) is 29.1 Å². The van der Waals surface area contributed by atoms with Crippen LogP contribution in [0.3, 0.4) is 0 Å². The van der Waals surface area contributed by atoms with Crippen LogP contribution in [0.1, 0.15) is 51.0 Å². The molecule has 1 amide bonds. The van der Waals surface area contributed by atoms with E-state index >= 15 is 0 Å². The van der Waals surface area contributed by atoms with Crippen LogP contribution >= 0.6 is 0 Å². The van der Waals surface area contributed by atoms with Crippen LogP contribution in [0, 0.1) is 23.3 Å². The summed E-state index contributed by atoms with van der Waals surface area (Å²) < 4.78 is 91.2. The number of carbonyl (C=O) groups excluding carboxylic acids is 1. The van der Waals surface area contributed by atoms with Gasteiger partial charge in [0, 0.05) is 6.42 Å². The predicted octanol–water partition coefficient (Wildman–Crippen LogP) is 5.56. The molecular formula is C15H16F7NO. The van der Waals surface area contributed by atoms with Crippen molar-refractivity contribution in [1.29, 1.82) is 0 Å². The van der Waals surface area contributed by atoms with Gasteiger partial charge < -0.3 is 5.32 Å². The molecule has 0 fully saturated rings. The van der Waals surface area contributed by atoms with Crippen molar-refractivity contribution in [3.63, 3.8) is 0 Å². The summed E-state index contributed by atoms with van der Waals surface area (Å²) in [5.41, 5.74) is -4.23. The van der Waals surface area contributed by atoms with Crippen LogP contribution in [0.4, 0.5) is 36.4 Å². The van der Waals surface area contributed by atoms with Crippen molar-refractivity contribution in [2.75, 3.05) is 5.32 Å². The average Bonchev–Trinajstić information content (AvgIpc) is 2.48. The number of hydrogen-bond donors (Lipinski definition) is 1. The van der Waals surface area contributed by atoms with E-state index in [-0.39, 0.29) is 6.42 Å². The van der Waals surface area contributed by atoms with Crippen LogP contribution in [-0.4, -0.2) is 5.91 Å². The quantitative estimate of drug-likeness (QED) is 0.385. The molecule has 0 radical (unpaired) electrons. The minimum Gasteiger partial charge on any atom is -0.321 e. The Morgan fingerprint density at radius 3 is 1.83 bits per heavy atom. The van der Waals surface area contributed by atoms with Gasteiger partial charge in [0.25, 0.3) is 0 Å². The lowest BCUT2D eigenvalue weighted by molar-refractivity contribution is -0.143. The highest BCUT2D eigenvalue weighted by Gasteiger charge is 2.42. The summed E-state index contributed by atoms with van der Waals surface area (Å²) >= 11 is 0. The van der Waals surface area contributed by atoms with Crippen LogP contribution in [0.5, 0.6) is 0 Å². The summed E-state index contributed by atoms with van der Waals surface area (Å²) in [6.07, 6.45) is -1.99. The molecule has 0 aliphatic rings. The van der Waals surface area contributed by atoms with Crippen LogP contribution < -0.4 is 5.32 Å². The van der Waals surface area contributed by atoms with Gasteiger partial charge >= 0.3 is 6.18 Å². The van der Waals surface area contributed by atoms with Gasteiger partial charge in [-0.15, -0.1) is 0 Å². The van der Waals surface area contributed by atoms with E-state index in [2.05, 4.69) is 0 Å². The number of alkyl halides is 3. The number of unbranched alkanes of at least 4 members (excludes halogenated alkanes) is 4. The summed E-state index contributed by atoms with van der Waals surface area (Å²) in [4.78, 5) is 11.5. The molecule has 1 rings (SSSR count). The molecule has 1 N–H and O–H groups in total. The molecule has 0 atom stereocenters. The smallest absolute Gasteiger partial charge is 0.321 e. The SMILES string of the molecule is CCCCCCCC(=O)Nc1c(F)c(F)c(C(F)(F)F)c(F)c1F. The van der Waals surface area contributed by atoms with Gasteiger partial charge in [0.2, 0.25) is 5.91 Å². The molecule has 9 heteroatoms. The zero-order chi connectivity index (χ0) is 18.5. The maximum atomic E-state index is 13.6. The molecule has 0 spiro atoms. The molecule has 0 unspecified atom stereocenters. The van der Waals surface area contributed by atoms with Gasteiger partial charge in [0.05, 0.1) is 0 Å². The van der Waals surface area contributed by atoms with Crippen molar-refractivity contribution in [2.45, 2.75) is 51.6 Å². The van der Waals surface area contributed by atoms with Gasteiger partial charge in [0.15, 0.2) is 23.3 Å². The van der Waals surface area contributed by atoms with Crippen molar-refractivity contribution in [3.8, 4) is 0 Å². The number of carbonyl (C=O) groups is 1. The van der Waals surface area contributed by atoms with Crippen LogP contribution in [0.2, 0.25) is 0 Å². The van der Waals surface area contributed by atoms with Gasteiger partial charge in [0.1, 0.15) is 11.3 Å². The second-order valence-electron chi connectivity index (χ2n) is 5.22. The third kappa shape index (κ3) is 4.85. The minimum atomic E-state index is -5.61. The Labute approximate surface area is 134 Å². The van der Waals surface area contributed by atoms with Crippen molar-refractivity contribution >= 4 is 11.6 Å². The molecule has 1 aromatic carbocycles. The van der Waals surface area contributed by atoms with Crippen LogP contribution in [0.25, 0.3) is 0 Å². The van der Waals surface area contributed by atoms with E-state index in [9.17, 15) is 35.5 Å². The molecule has 0 aliphatic heterocycles. The van der Waals surface area contributed by atoms with E-state index in [1.807, 2.05) is 6.92 Å². The summed E-state index contributed by atoms with van der Waals surface area (Å²) in [7, 11) is 0. The fraction of sp³-hybridized carbons (Fsp3) is 0.533. The zero-order valence-corrected chi connectivity index (χ0v) is 12.8. The first-order valence-electron chi connectivity index (χ1n) is 7.34. The molecule has 0 saturated heterocycles. The summed E-state index contributed by atoms with van der Waals surface area (Å²) in [5.74, 6) is -10.7. The number of nitrogens with one attached hydrogen (secondary N) is 1. The molecule has 0 aromatic heterocycles. The Balaban J connectivity index is 2.92. The number of hydrogen-bond acceptors (Lipinski definition) is 1. The highest BCUT2D eigenvalue weighted by atomic mass is 19.4. The maximum Gasteiger partial charge on any atom is 0.422 e. The largest absolute Gasteiger partial charge is 0.422 e. The Bertz CT molecular complexity index is 569. The van der Waals surface area contributed by atoms with Crippen molar-refractivity contribution in [2.24, 2.45) is 0 Å². The molecule has 1 aromatic rings. The third-order valence-corrected chi connectivity index (χ3v) is 3.32. The first-order valence-corrected chi connectivity index (χ1v) is 7.34. The molecule has 2 nitrogen and oxygen atoms in total. The van der Waals surface area contributed by atoms with Gasteiger partial charge in [-0.05, 0) is 6.42 Å². The van der Waals surface area contributed by atoms with E-state index in [0.717, 1.165) is 19.3 Å². The predicted molar refractivity (Wildman–Crippen MR) is 73.3 cm³/mol. The Kier molecular flexibility index (Phi) is 7.04. The lowest BCUT2D eigenvalue weighted by Gasteiger charge is -2.14. The number of anilines is 1. The number of benzene rings is 1. The van der Waals surface area contributed by atoms with E-state index in [1.165, 1.54) is 0 Å². The monoisotopic (exact) mass is 359 g/mol. The minimum absolute atomic E-state index is 0.174. The lowest BCUT2D eigenvalue weighted by atomic mass is 10.1. The molecule has 0 aliphatic carbocycles. The third-order valence-electron chi connectivity index (χ3n) is 3.32. The number of rotatable bonds is 7. The van der Waals surface area contributed by atoms with E-state index in [1.54, 1.807) is 5.32 Å². The van der Waals surface area contributed by atoms with Crippen molar-refractivity contribution < 1.29 is 35.5 Å². The van der Waals surface area contributed by atoms with Crippen molar-refractivity contribution in [3.05, 3.63) is 28.8 Å². The summed E-state index contributed by atoms with van der Waals surface area (Å²) in [6, 6.07) is 0. The molecule has 0 saturated carbocycles. The van der Waals surface area contributed by atoms with E-state index in [4.69, 9.17) is 0 Å². The normalized spacial score (nSPS) is 11.7. The molecule has 0 bridgehead atoms. The average molecular weight is 359 g/mol. The first kappa shape index (κ1) is 20.2. The fourth-order valence-corrected chi connectivity index (χ4v) is 2.08. The second kappa shape index (κ2) is 8.34. The first-order chi connectivity index (χ1) is 11.1. The Hall–Kier alpha value is -1.80. The highest BCUT2D eigenvalue weighted by Crippen LogP contribution is 2.38.